The summed E-state index contributed by atoms with van der Waals surface area (Å²) in [5, 5.41) is 10.1. The van der Waals surface area contributed by atoms with Gasteiger partial charge in [0.1, 0.15) is 5.54 Å². The highest BCUT2D eigenvalue weighted by molar-refractivity contribution is 7.80. The van der Waals surface area contributed by atoms with Gasteiger partial charge in [-0.25, -0.2) is 4.79 Å². The number of amides is 1. The first-order chi connectivity index (χ1) is 13.0. The van der Waals surface area contributed by atoms with E-state index in [-0.39, 0.29) is 10.9 Å². The van der Waals surface area contributed by atoms with Crippen molar-refractivity contribution in [3.63, 3.8) is 0 Å². The largest absolute Gasteiger partial charge is 0.465 e. The van der Waals surface area contributed by atoms with Crippen LogP contribution in [0, 0.1) is 0 Å². The molecule has 2 aliphatic rings. The van der Waals surface area contributed by atoms with Crippen LogP contribution in [0.1, 0.15) is 29.9 Å². The van der Waals surface area contributed by atoms with E-state index in [9.17, 15) is 9.90 Å². The molecule has 2 aromatic carbocycles. The molecule has 3 N–H and O–H groups in total. The SMILES string of the molecule is NC(=S)C1(N(CC2c3ccccc3-c3ccccc32)C(=O)O)CCOCC1. The Morgan fingerprint density at radius 3 is 2.11 bits per heavy atom. The van der Waals surface area contributed by atoms with E-state index < -0.39 is 11.6 Å². The predicted octanol–water partition coefficient (Wildman–Crippen LogP) is 3.61. The molecular formula is C21H22N2O3S. The van der Waals surface area contributed by atoms with Crippen molar-refractivity contribution in [2.45, 2.75) is 24.3 Å². The maximum atomic E-state index is 12.3. The van der Waals surface area contributed by atoms with Gasteiger partial charge in [-0.15, -0.1) is 0 Å². The molecule has 0 saturated carbocycles. The molecule has 1 aliphatic heterocycles. The molecule has 27 heavy (non-hydrogen) atoms. The molecule has 1 saturated heterocycles. The van der Waals surface area contributed by atoms with E-state index in [2.05, 4.69) is 24.3 Å². The number of hydrogen-bond donors (Lipinski definition) is 2. The first kappa shape index (κ1) is 17.9. The van der Waals surface area contributed by atoms with E-state index in [1.165, 1.54) is 16.0 Å². The van der Waals surface area contributed by atoms with Crippen LogP contribution in [0.2, 0.25) is 0 Å². The molecule has 2 aromatic rings. The van der Waals surface area contributed by atoms with Gasteiger partial charge in [0.05, 0.1) is 4.99 Å². The third-order valence-corrected chi connectivity index (χ3v) is 6.23. The van der Waals surface area contributed by atoms with Crippen molar-refractivity contribution in [3.8, 4) is 11.1 Å². The zero-order valence-electron chi connectivity index (χ0n) is 14.9. The molecule has 0 bridgehead atoms. The molecule has 1 fully saturated rings. The van der Waals surface area contributed by atoms with Crippen LogP contribution in [0.15, 0.2) is 48.5 Å². The molecule has 0 aromatic heterocycles. The maximum Gasteiger partial charge on any atom is 0.408 e. The lowest BCUT2D eigenvalue weighted by atomic mass is 9.86. The minimum absolute atomic E-state index is 0.0393. The number of carboxylic acid groups (broad SMARTS) is 1. The molecular weight excluding hydrogens is 360 g/mol. The van der Waals surface area contributed by atoms with Crippen LogP contribution in [-0.2, 0) is 4.74 Å². The third-order valence-electron chi connectivity index (χ3n) is 5.85. The lowest BCUT2D eigenvalue weighted by Crippen LogP contribution is -2.62. The van der Waals surface area contributed by atoms with Crippen LogP contribution in [0.4, 0.5) is 4.79 Å². The Bertz CT molecular complexity index is 847. The van der Waals surface area contributed by atoms with Crippen LogP contribution < -0.4 is 5.73 Å². The summed E-state index contributed by atoms with van der Waals surface area (Å²) in [7, 11) is 0. The quantitative estimate of drug-likeness (QED) is 0.790. The maximum absolute atomic E-state index is 12.3. The number of ether oxygens (including phenoxy) is 1. The fraction of sp³-hybridized carbons (Fsp3) is 0.333. The lowest BCUT2D eigenvalue weighted by Gasteiger charge is -2.45. The van der Waals surface area contributed by atoms with E-state index in [0.717, 1.165) is 11.1 Å². The number of rotatable bonds is 4. The van der Waals surface area contributed by atoms with Crippen LogP contribution in [0.25, 0.3) is 11.1 Å². The summed E-state index contributed by atoms with van der Waals surface area (Å²) in [6.07, 6.45) is -0.0125. The van der Waals surface area contributed by atoms with Gasteiger partial charge in [-0.2, -0.15) is 0 Å². The third kappa shape index (κ3) is 2.89. The smallest absolute Gasteiger partial charge is 0.408 e. The normalized spacial score (nSPS) is 17.8. The van der Waals surface area contributed by atoms with Crippen molar-refractivity contribution in [2.24, 2.45) is 5.73 Å². The zero-order chi connectivity index (χ0) is 19.0. The summed E-state index contributed by atoms with van der Waals surface area (Å²) in [5.74, 6) is -0.0393. The van der Waals surface area contributed by atoms with E-state index in [4.69, 9.17) is 22.7 Å². The number of benzene rings is 2. The Morgan fingerprint density at radius 2 is 1.63 bits per heavy atom. The minimum Gasteiger partial charge on any atom is -0.465 e. The highest BCUT2D eigenvalue weighted by atomic mass is 32.1. The number of nitrogens with zero attached hydrogens (tertiary/aromatic N) is 1. The monoisotopic (exact) mass is 382 g/mol. The second kappa shape index (κ2) is 6.94. The van der Waals surface area contributed by atoms with Crippen LogP contribution in [0.5, 0.6) is 0 Å². The number of carbonyl (C=O) groups is 1. The van der Waals surface area contributed by atoms with Gasteiger partial charge in [0.25, 0.3) is 0 Å². The number of hydrogen-bond acceptors (Lipinski definition) is 3. The summed E-state index contributed by atoms with van der Waals surface area (Å²) < 4.78 is 5.45. The Labute approximate surface area is 163 Å². The molecule has 0 unspecified atom stereocenters. The van der Waals surface area contributed by atoms with Gasteiger partial charge in [-0.1, -0.05) is 60.7 Å². The van der Waals surface area contributed by atoms with Gasteiger partial charge >= 0.3 is 6.09 Å². The van der Waals surface area contributed by atoms with Crippen molar-refractivity contribution < 1.29 is 14.6 Å². The molecule has 0 spiro atoms. The second-order valence-corrected chi connectivity index (χ2v) is 7.57. The Hall–Kier alpha value is -2.44. The molecule has 6 heteroatoms. The van der Waals surface area contributed by atoms with Gasteiger partial charge in [0.15, 0.2) is 0 Å². The van der Waals surface area contributed by atoms with Gasteiger partial charge in [0.2, 0.25) is 0 Å². The molecule has 140 valence electrons. The summed E-state index contributed by atoms with van der Waals surface area (Å²) in [5.41, 5.74) is 9.85. The van der Waals surface area contributed by atoms with Gasteiger partial charge in [-0.05, 0) is 22.3 Å². The van der Waals surface area contributed by atoms with Gasteiger partial charge in [-0.3, -0.25) is 4.90 Å². The highest BCUT2D eigenvalue weighted by Crippen LogP contribution is 2.46. The fourth-order valence-corrected chi connectivity index (χ4v) is 4.75. The molecule has 0 atom stereocenters. The minimum atomic E-state index is -0.994. The Morgan fingerprint density at radius 1 is 1.11 bits per heavy atom. The summed E-state index contributed by atoms with van der Waals surface area (Å²) in [4.78, 5) is 14.0. The molecule has 4 rings (SSSR count). The summed E-state index contributed by atoms with van der Waals surface area (Å²) in [6.45, 7) is 1.23. The van der Waals surface area contributed by atoms with Gasteiger partial charge < -0.3 is 15.6 Å². The molecule has 1 aliphatic carbocycles. The van der Waals surface area contributed by atoms with Crippen molar-refractivity contribution in [2.75, 3.05) is 19.8 Å². The first-order valence-corrected chi connectivity index (χ1v) is 9.52. The van der Waals surface area contributed by atoms with Crippen LogP contribution >= 0.6 is 12.2 Å². The molecule has 1 heterocycles. The number of fused-ring (bicyclic) bond motifs is 3. The van der Waals surface area contributed by atoms with Crippen molar-refractivity contribution >= 4 is 23.3 Å². The first-order valence-electron chi connectivity index (χ1n) is 9.11. The van der Waals surface area contributed by atoms with Crippen molar-refractivity contribution in [1.82, 2.24) is 4.90 Å². The van der Waals surface area contributed by atoms with E-state index >= 15 is 0 Å². The van der Waals surface area contributed by atoms with Crippen molar-refractivity contribution in [3.05, 3.63) is 59.7 Å². The Kier molecular flexibility index (Phi) is 4.61. The predicted molar refractivity (Wildman–Crippen MR) is 108 cm³/mol. The Balaban J connectivity index is 1.77. The summed E-state index contributed by atoms with van der Waals surface area (Å²) >= 11 is 5.34. The molecule has 5 nitrogen and oxygen atoms in total. The fourth-order valence-electron chi connectivity index (χ4n) is 4.43. The molecule has 1 amide bonds. The molecule has 0 radical (unpaired) electrons. The zero-order valence-corrected chi connectivity index (χ0v) is 15.7. The summed E-state index contributed by atoms with van der Waals surface area (Å²) in [6, 6.07) is 16.4. The average molecular weight is 382 g/mol. The number of nitrogens with two attached hydrogens (primary N) is 1. The lowest BCUT2D eigenvalue weighted by molar-refractivity contribution is 0.0112. The van der Waals surface area contributed by atoms with E-state index in [0.29, 0.717) is 32.6 Å². The van der Waals surface area contributed by atoms with E-state index in [1.54, 1.807) is 0 Å². The van der Waals surface area contributed by atoms with E-state index in [1.807, 2.05) is 24.3 Å². The van der Waals surface area contributed by atoms with Crippen molar-refractivity contribution in [1.29, 1.82) is 0 Å². The van der Waals surface area contributed by atoms with Crippen LogP contribution in [0.3, 0.4) is 0 Å². The number of thiocarbonyl (C=S) groups is 1. The average Bonchev–Trinajstić information content (AvgIpc) is 3.00. The van der Waals surface area contributed by atoms with Crippen LogP contribution in [-0.4, -0.2) is 46.4 Å². The van der Waals surface area contributed by atoms with Gasteiger partial charge in [0, 0.05) is 38.5 Å². The topological polar surface area (TPSA) is 75.8 Å². The highest BCUT2D eigenvalue weighted by Gasteiger charge is 2.46. The second-order valence-electron chi connectivity index (χ2n) is 7.13. The standard InChI is InChI=1S/C21H22N2O3S/c22-19(27)21(9-11-26-12-10-21)23(20(24)25)13-18-16-7-3-1-5-14(16)15-6-2-4-8-17(15)18/h1-8,18H,9-13H2,(H2,22,27)(H,24,25).